The predicted octanol–water partition coefficient (Wildman–Crippen LogP) is 3.74. The topological polar surface area (TPSA) is 38.3 Å². The first-order valence-corrected chi connectivity index (χ1v) is 8.23. The average Bonchev–Trinajstić information content (AvgIpc) is 2.36. The summed E-state index contributed by atoms with van der Waals surface area (Å²) >= 11 is 9.99. The molecule has 1 aromatic carbocycles. The molecule has 0 unspecified atom stereocenters. The molecule has 3 nitrogen and oxygen atoms in total. The van der Waals surface area contributed by atoms with Crippen molar-refractivity contribution in [1.29, 1.82) is 0 Å². The van der Waals surface area contributed by atoms with Crippen molar-refractivity contribution in [3.63, 3.8) is 0 Å². The van der Waals surface area contributed by atoms with E-state index >= 15 is 0 Å². The number of ether oxygens (including phenoxy) is 1. The Hall–Kier alpha value is 0.0900. The monoisotopic (exact) mass is 441 g/mol. The molecule has 0 saturated heterocycles. The van der Waals surface area contributed by atoms with Crippen LogP contribution in [0.3, 0.4) is 0 Å². The number of benzene rings is 1. The van der Waals surface area contributed by atoms with Gasteiger partial charge < -0.3 is 10.1 Å². The summed E-state index contributed by atoms with van der Waals surface area (Å²) in [4.78, 5) is 11.9. The fourth-order valence-corrected chi connectivity index (χ4v) is 2.32. The number of halogens is 3. The third-order valence-corrected chi connectivity index (χ3v) is 3.65. The van der Waals surface area contributed by atoms with Gasteiger partial charge in [-0.15, -0.1) is 0 Å². The number of nitrogens with one attached hydrogen (secondary N) is 1. The minimum Gasteiger partial charge on any atom is -0.381 e. The van der Waals surface area contributed by atoms with Crippen molar-refractivity contribution in [2.45, 2.75) is 6.42 Å². The largest absolute Gasteiger partial charge is 0.381 e. The minimum absolute atomic E-state index is 0.0799. The number of hydrogen-bond acceptors (Lipinski definition) is 2. The summed E-state index contributed by atoms with van der Waals surface area (Å²) in [6.45, 7) is 1.97. The zero-order chi connectivity index (χ0) is 13.4. The lowest BCUT2D eigenvalue weighted by Gasteiger charge is -2.07. The van der Waals surface area contributed by atoms with Crippen LogP contribution in [0.1, 0.15) is 16.8 Å². The van der Waals surface area contributed by atoms with E-state index in [1.165, 1.54) is 0 Å². The van der Waals surface area contributed by atoms with Crippen molar-refractivity contribution < 1.29 is 9.53 Å². The van der Waals surface area contributed by atoms with Gasteiger partial charge in [-0.1, -0.05) is 31.9 Å². The van der Waals surface area contributed by atoms with E-state index < -0.39 is 0 Å². The van der Waals surface area contributed by atoms with E-state index in [9.17, 15) is 4.79 Å². The smallest absolute Gasteiger partial charge is 0.252 e. The van der Waals surface area contributed by atoms with E-state index in [1.807, 2.05) is 12.1 Å². The Kier molecular flexibility index (Phi) is 8.13. The maximum absolute atomic E-state index is 11.9. The molecule has 1 rings (SSSR count). The highest BCUT2D eigenvalue weighted by Gasteiger charge is 2.09. The highest BCUT2D eigenvalue weighted by atomic mass is 79.9. The third kappa shape index (κ3) is 5.82. The lowest BCUT2D eigenvalue weighted by molar-refractivity contribution is 0.0944. The summed E-state index contributed by atoms with van der Waals surface area (Å²) in [5.74, 6) is -0.0799. The first kappa shape index (κ1) is 16.1. The van der Waals surface area contributed by atoms with Crippen LogP contribution in [0.4, 0.5) is 0 Å². The van der Waals surface area contributed by atoms with Crippen molar-refractivity contribution in [2.75, 3.05) is 25.1 Å². The molecule has 0 fully saturated rings. The Morgan fingerprint density at radius 2 is 2.06 bits per heavy atom. The molecule has 0 radical (unpaired) electrons. The summed E-state index contributed by atoms with van der Waals surface area (Å²) < 4.78 is 6.97. The Balaban J connectivity index is 2.34. The van der Waals surface area contributed by atoms with Crippen LogP contribution >= 0.6 is 47.8 Å². The zero-order valence-electron chi connectivity index (χ0n) is 9.72. The van der Waals surface area contributed by atoms with Gasteiger partial charge in [-0.3, -0.25) is 4.79 Å². The quantitative estimate of drug-likeness (QED) is 0.515. The molecule has 0 spiro atoms. The zero-order valence-corrected chi connectivity index (χ0v) is 14.5. The normalized spacial score (nSPS) is 10.4. The Morgan fingerprint density at radius 3 is 2.78 bits per heavy atom. The Labute approximate surface area is 132 Å². The molecule has 0 aliphatic heterocycles. The van der Waals surface area contributed by atoms with Gasteiger partial charge >= 0.3 is 0 Å². The molecule has 0 aromatic heterocycles. The lowest BCUT2D eigenvalue weighted by Crippen LogP contribution is -2.25. The molecule has 6 heteroatoms. The number of amides is 1. The molecule has 0 atom stereocenters. The molecule has 0 aliphatic carbocycles. The lowest BCUT2D eigenvalue weighted by atomic mass is 10.2. The predicted molar refractivity (Wildman–Crippen MR) is 83.4 cm³/mol. The van der Waals surface area contributed by atoms with Gasteiger partial charge in [0, 0.05) is 27.4 Å². The number of rotatable bonds is 7. The summed E-state index contributed by atoms with van der Waals surface area (Å²) in [7, 11) is 0. The van der Waals surface area contributed by atoms with Crippen molar-refractivity contribution in [1.82, 2.24) is 5.32 Å². The maximum atomic E-state index is 11.9. The third-order valence-electron chi connectivity index (χ3n) is 2.15. The van der Waals surface area contributed by atoms with E-state index in [4.69, 9.17) is 4.74 Å². The van der Waals surface area contributed by atoms with Crippen molar-refractivity contribution in [3.8, 4) is 0 Å². The van der Waals surface area contributed by atoms with Crippen LogP contribution in [0.5, 0.6) is 0 Å². The van der Waals surface area contributed by atoms with Crippen molar-refractivity contribution in [2.24, 2.45) is 0 Å². The van der Waals surface area contributed by atoms with Crippen LogP contribution in [0.25, 0.3) is 0 Å². The first-order chi connectivity index (χ1) is 8.65. The SMILES string of the molecule is O=C(NCCCOCCBr)c1cc(Br)ccc1Br. The van der Waals surface area contributed by atoms with Crippen LogP contribution in [0.15, 0.2) is 27.1 Å². The van der Waals surface area contributed by atoms with Crippen LogP contribution in [-0.2, 0) is 4.74 Å². The summed E-state index contributed by atoms with van der Waals surface area (Å²) in [6, 6.07) is 5.52. The molecular formula is C12H14Br3NO2. The van der Waals surface area contributed by atoms with Crippen LogP contribution < -0.4 is 5.32 Å². The van der Waals surface area contributed by atoms with E-state index in [1.54, 1.807) is 6.07 Å². The standard InChI is InChI=1S/C12H14Br3NO2/c13-4-7-18-6-1-5-16-12(17)10-8-9(14)2-3-11(10)15/h2-3,8H,1,4-7H2,(H,16,17). The fourth-order valence-electron chi connectivity index (χ4n) is 1.30. The van der Waals surface area contributed by atoms with Crippen LogP contribution in [-0.4, -0.2) is 31.0 Å². The van der Waals surface area contributed by atoms with Gasteiger partial charge in [0.05, 0.1) is 12.2 Å². The van der Waals surface area contributed by atoms with Gasteiger partial charge in [-0.25, -0.2) is 0 Å². The highest BCUT2D eigenvalue weighted by molar-refractivity contribution is 9.11. The molecule has 0 saturated carbocycles. The summed E-state index contributed by atoms with van der Waals surface area (Å²) in [6.07, 6.45) is 0.810. The van der Waals surface area contributed by atoms with E-state index in [-0.39, 0.29) is 5.91 Å². The van der Waals surface area contributed by atoms with E-state index in [2.05, 4.69) is 53.1 Å². The Morgan fingerprint density at radius 1 is 1.28 bits per heavy atom. The second kappa shape index (κ2) is 9.07. The number of carbonyl (C=O) groups is 1. The maximum Gasteiger partial charge on any atom is 0.252 e. The highest BCUT2D eigenvalue weighted by Crippen LogP contribution is 2.21. The summed E-state index contributed by atoms with van der Waals surface area (Å²) in [5, 5.41) is 3.70. The van der Waals surface area contributed by atoms with Gasteiger partial charge in [-0.05, 0) is 40.5 Å². The van der Waals surface area contributed by atoms with Gasteiger partial charge in [-0.2, -0.15) is 0 Å². The molecule has 0 heterocycles. The molecule has 18 heavy (non-hydrogen) atoms. The first-order valence-electron chi connectivity index (χ1n) is 5.52. The van der Waals surface area contributed by atoms with Gasteiger partial charge in [0.2, 0.25) is 0 Å². The van der Waals surface area contributed by atoms with Crippen molar-refractivity contribution >= 4 is 53.7 Å². The molecule has 1 N–H and O–H groups in total. The van der Waals surface area contributed by atoms with Gasteiger partial charge in [0.1, 0.15) is 0 Å². The van der Waals surface area contributed by atoms with E-state index in [0.29, 0.717) is 25.3 Å². The molecular weight excluding hydrogens is 430 g/mol. The molecule has 0 bridgehead atoms. The second-order valence-corrected chi connectivity index (χ2v) is 6.10. The minimum atomic E-state index is -0.0799. The number of alkyl halides is 1. The molecule has 100 valence electrons. The average molecular weight is 444 g/mol. The number of carbonyl (C=O) groups excluding carboxylic acids is 1. The molecule has 0 aliphatic rings. The van der Waals surface area contributed by atoms with Gasteiger partial charge in [0.15, 0.2) is 0 Å². The number of hydrogen-bond donors (Lipinski definition) is 1. The van der Waals surface area contributed by atoms with E-state index in [0.717, 1.165) is 20.7 Å². The Bertz CT molecular complexity index is 399. The fraction of sp³-hybridized carbons (Fsp3) is 0.417. The molecule has 1 amide bonds. The van der Waals surface area contributed by atoms with Crippen LogP contribution in [0, 0.1) is 0 Å². The summed E-state index contributed by atoms with van der Waals surface area (Å²) in [5.41, 5.74) is 0.630. The van der Waals surface area contributed by atoms with Crippen molar-refractivity contribution in [3.05, 3.63) is 32.7 Å². The van der Waals surface area contributed by atoms with Crippen LogP contribution in [0.2, 0.25) is 0 Å². The molecule has 1 aromatic rings. The van der Waals surface area contributed by atoms with Gasteiger partial charge in [0.25, 0.3) is 5.91 Å². The second-order valence-electron chi connectivity index (χ2n) is 3.53.